The zero-order valence-electron chi connectivity index (χ0n) is 7.77. The van der Waals surface area contributed by atoms with Gasteiger partial charge in [0.2, 0.25) is 5.95 Å². The van der Waals surface area contributed by atoms with Gasteiger partial charge in [0.25, 0.3) is 0 Å². The Morgan fingerprint density at radius 1 is 1.57 bits per heavy atom. The van der Waals surface area contributed by atoms with Crippen LogP contribution in [0.1, 0.15) is 0 Å². The number of hydrogen-bond donors (Lipinski definition) is 1. The van der Waals surface area contributed by atoms with Crippen molar-refractivity contribution in [3.05, 3.63) is 12.3 Å². The highest BCUT2D eigenvalue weighted by atomic mass is 19.1. The van der Waals surface area contributed by atoms with Gasteiger partial charge in [0.1, 0.15) is 12.0 Å². The lowest BCUT2D eigenvalue weighted by atomic mass is 10.1. The fraction of sp³-hybridized carbons (Fsp3) is 0.500. The van der Waals surface area contributed by atoms with E-state index in [1.165, 1.54) is 6.33 Å². The lowest BCUT2D eigenvalue weighted by Gasteiger charge is -2.39. The minimum absolute atomic E-state index is 0.00190. The first kappa shape index (κ1) is 9.14. The third-order valence-electron chi connectivity index (χ3n) is 2.30. The number of anilines is 2. The van der Waals surface area contributed by atoms with Crippen LogP contribution in [-0.2, 0) is 4.74 Å². The van der Waals surface area contributed by atoms with Crippen molar-refractivity contribution < 1.29 is 9.13 Å². The molecule has 5 nitrogen and oxygen atoms in total. The molecule has 6 heteroatoms. The second-order valence-corrected chi connectivity index (χ2v) is 3.16. The van der Waals surface area contributed by atoms with Gasteiger partial charge in [-0.25, -0.2) is 9.97 Å². The minimum Gasteiger partial charge on any atom is -0.392 e. The zero-order chi connectivity index (χ0) is 10.1. The summed E-state index contributed by atoms with van der Waals surface area (Å²) in [5, 5.41) is 0. The van der Waals surface area contributed by atoms with E-state index in [4.69, 9.17) is 10.5 Å². The average molecular weight is 198 g/mol. The molecule has 1 saturated heterocycles. The third kappa shape index (κ3) is 1.37. The van der Waals surface area contributed by atoms with Crippen molar-refractivity contribution in [1.29, 1.82) is 0 Å². The standard InChI is InChI=1S/C8H11FN4O/c1-14-5-2-13(3-5)8-6(10)7(9)11-4-12-8/h4-5H,2-3,10H2,1H3. The Hall–Kier alpha value is -1.43. The Bertz CT molecular complexity index is 340. The van der Waals surface area contributed by atoms with Crippen molar-refractivity contribution in [1.82, 2.24) is 9.97 Å². The number of nitrogens with zero attached hydrogens (tertiary/aromatic N) is 3. The second-order valence-electron chi connectivity index (χ2n) is 3.16. The molecule has 0 aliphatic carbocycles. The number of nitrogens with two attached hydrogens (primary N) is 1. The molecule has 14 heavy (non-hydrogen) atoms. The van der Waals surface area contributed by atoms with E-state index in [0.717, 1.165) is 0 Å². The summed E-state index contributed by atoms with van der Waals surface area (Å²) in [4.78, 5) is 9.14. The SMILES string of the molecule is COC1CN(c2ncnc(F)c2N)C1. The van der Waals surface area contributed by atoms with Crippen LogP contribution in [0.15, 0.2) is 6.33 Å². The van der Waals surface area contributed by atoms with E-state index in [2.05, 4.69) is 9.97 Å². The van der Waals surface area contributed by atoms with Gasteiger partial charge in [0, 0.05) is 20.2 Å². The van der Waals surface area contributed by atoms with Gasteiger partial charge >= 0.3 is 0 Å². The van der Waals surface area contributed by atoms with Crippen LogP contribution < -0.4 is 10.6 Å². The largest absolute Gasteiger partial charge is 0.392 e. The normalized spacial score (nSPS) is 16.9. The van der Waals surface area contributed by atoms with Crippen molar-refractivity contribution >= 4 is 11.5 Å². The van der Waals surface area contributed by atoms with Crippen LogP contribution in [0.25, 0.3) is 0 Å². The molecule has 1 aromatic rings. The van der Waals surface area contributed by atoms with Crippen LogP contribution in [0.2, 0.25) is 0 Å². The maximum atomic E-state index is 12.9. The van der Waals surface area contributed by atoms with Crippen molar-refractivity contribution in [3.63, 3.8) is 0 Å². The molecule has 0 aromatic carbocycles. The van der Waals surface area contributed by atoms with Crippen LogP contribution >= 0.6 is 0 Å². The molecule has 0 radical (unpaired) electrons. The Morgan fingerprint density at radius 3 is 2.93 bits per heavy atom. The molecular formula is C8H11FN4O. The first-order valence-corrected chi connectivity index (χ1v) is 4.26. The number of rotatable bonds is 2. The van der Waals surface area contributed by atoms with E-state index in [-0.39, 0.29) is 11.8 Å². The van der Waals surface area contributed by atoms with Crippen LogP contribution in [0.5, 0.6) is 0 Å². The fourth-order valence-corrected chi connectivity index (χ4v) is 1.38. The predicted octanol–water partition coefficient (Wildman–Crippen LogP) is 0.0329. The molecule has 0 amide bonds. The fourth-order valence-electron chi connectivity index (χ4n) is 1.38. The molecular weight excluding hydrogens is 187 g/mol. The summed E-state index contributed by atoms with van der Waals surface area (Å²) < 4.78 is 18.0. The summed E-state index contributed by atoms with van der Waals surface area (Å²) in [6.07, 6.45) is 1.36. The van der Waals surface area contributed by atoms with Crippen molar-refractivity contribution in [2.75, 3.05) is 30.8 Å². The quantitative estimate of drug-likeness (QED) is 0.679. The Balaban J connectivity index is 2.14. The number of halogens is 1. The van der Waals surface area contributed by atoms with Crippen LogP contribution in [-0.4, -0.2) is 36.3 Å². The third-order valence-corrected chi connectivity index (χ3v) is 2.30. The molecule has 0 spiro atoms. The van der Waals surface area contributed by atoms with Gasteiger partial charge in [-0.3, -0.25) is 0 Å². The van der Waals surface area contributed by atoms with E-state index < -0.39 is 5.95 Å². The minimum atomic E-state index is -0.670. The predicted molar refractivity (Wildman–Crippen MR) is 49.4 cm³/mol. The summed E-state index contributed by atoms with van der Waals surface area (Å²) in [7, 11) is 1.64. The molecule has 1 aliphatic rings. The Labute approximate surface area is 80.7 Å². The topological polar surface area (TPSA) is 64.3 Å². The molecule has 2 N–H and O–H groups in total. The lowest BCUT2D eigenvalue weighted by molar-refractivity contribution is 0.0783. The number of aromatic nitrogens is 2. The van der Waals surface area contributed by atoms with E-state index in [1.54, 1.807) is 7.11 Å². The molecule has 2 heterocycles. The highest BCUT2D eigenvalue weighted by molar-refractivity contribution is 5.63. The summed E-state index contributed by atoms with van der Waals surface area (Å²) >= 11 is 0. The summed E-state index contributed by atoms with van der Waals surface area (Å²) in [6.45, 7) is 1.38. The number of methoxy groups -OCH3 is 1. The van der Waals surface area contributed by atoms with Gasteiger partial charge in [0.15, 0.2) is 5.82 Å². The highest BCUT2D eigenvalue weighted by Gasteiger charge is 2.29. The first-order valence-electron chi connectivity index (χ1n) is 4.26. The molecule has 76 valence electrons. The van der Waals surface area contributed by atoms with E-state index in [0.29, 0.717) is 18.9 Å². The van der Waals surface area contributed by atoms with Crippen LogP contribution in [0.3, 0.4) is 0 Å². The number of nitrogen functional groups attached to an aromatic ring is 1. The second kappa shape index (κ2) is 3.38. The van der Waals surface area contributed by atoms with Crippen LogP contribution in [0, 0.1) is 5.95 Å². The average Bonchev–Trinajstić information content (AvgIpc) is 2.10. The smallest absolute Gasteiger partial charge is 0.241 e. The molecule has 1 aromatic heterocycles. The van der Waals surface area contributed by atoms with E-state index in [9.17, 15) is 4.39 Å². The van der Waals surface area contributed by atoms with E-state index >= 15 is 0 Å². The van der Waals surface area contributed by atoms with Gasteiger partial charge in [-0.05, 0) is 0 Å². The Morgan fingerprint density at radius 2 is 2.29 bits per heavy atom. The highest BCUT2D eigenvalue weighted by Crippen LogP contribution is 2.26. The maximum absolute atomic E-state index is 12.9. The summed E-state index contributed by atoms with van der Waals surface area (Å²) in [5.41, 5.74) is 5.50. The number of ether oxygens (including phenoxy) is 1. The van der Waals surface area contributed by atoms with Gasteiger partial charge in [-0.2, -0.15) is 4.39 Å². The summed E-state index contributed by atoms with van der Waals surface area (Å²) in [5.74, 6) is -0.221. The summed E-state index contributed by atoms with van der Waals surface area (Å²) in [6, 6.07) is 0. The Kier molecular flexibility index (Phi) is 2.20. The van der Waals surface area contributed by atoms with Gasteiger partial charge < -0.3 is 15.4 Å². The monoisotopic (exact) mass is 198 g/mol. The van der Waals surface area contributed by atoms with Gasteiger partial charge in [-0.15, -0.1) is 0 Å². The van der Waals surface area contributed by atoms with Crippen molar-refractivity contribution in [2.24, 2.45) is 0 Å². The number of hydrogen-bond acceptors (Lipinski definition) is 5. The zero-order valence-corrected chi connectivity index (χ0v) is 7.77. The molecule has 0 unspecified atom stereocenters. The molecule has 1 fully saturated rings. The lowest BCUT2D eigenvalue weighted by Crippen LogP contribution is -2.52. The van der Waals surface area contributed by atoms with E-state index in [1.807, 2.05) is 4.90 Å². The van der Waals surface area contributed by atoms with Crippen molar-refractivity contribution in [2.45, 2.75) is 6.10 Å². The molecule has 0 atom stereocenters. The molecule has 2 rings (SSSR count). The van der Waals surface area contributed by atoms with Gasteiger partial charge in [-0.1, -0.05) is 0 Å². The molecule has 0 bridgehead atoms. The molecule has 1 aliphatic heterocycles. The maximum Gasteiger partial charge on any atom is 0.241 e. The van der Waals surface area contributed by atoms with Gasteiger partial charge in [0.05, 0.1) is 6.10 Å². The first-order chi connectivity index (χ1) is 6.72. The molecule has 0 saturated carbocycles. The van der Waals surface area contributed by atoms with Crippen LogP contribution in [0.4, 0.5) is 15.9 Å². The van der Waals surface area contributed by atoms with Crippen molar-refractivity contribution in [3.8, 4) is 0 Å².